The Morgan fingerprint density at radius 2 is 1.86 bits per heavy atom. The predicted molar refractivity (Wildman–Crippen MR) is 112 cm³/mol. The van der Waals surface area contributed by atoms with E-state index in [0.717, 1.165) is 5.56 Å². The van der Waals surface area contributed by atoms with Gasteiger partial charge in [0.2, 0.25) is 5.91 Å². The highest BCUT2D eigenvalue weighted by Gasteiger charge is 2.25. The Balaban J connectivity index is 3.08. The van der Waals surface area contributed by atoms with Crippen molar-refractivity contribution >= 4 is 35.6 Å². The van der Waals surface area contributed by atoms with Gasteiger partial charge in [-0.15, -0.1) is 0 Å². The molecule has 8 heteroatoms. The number of ether oxygens (including phenoxy) is 1. The number of esters is 1. The van der Waals surface area contributed by atoms with Gasteiger partial charge in [0.1, 0.15) is 11.7 Å². The van der Waals surface area contributed by atoms with Gasteiger partial charge in [-0.25, -0.2) is 4.79 Å². The Hall–Kier alpha value is -2.32. The molecular formula is C20H29N3O4S. The number of carbonyl (C=O) groups excluding carboxylic acids is 3. The van der Waals surface area contributed by atoms with E-state index in [-0.39, 0.29) is 11.6 Å². The molecule has 0 radical (unpaired) electrons. The molecule has 1 aromatic carbocycles. The van der Waals surface area contributed by atoms with Crippen LogP contribution in [-0.2, 0) is 19.1 Å². The molecule has 1 aromatic rings. The van der Waals surface area contributed by atoms with E-state index in [1.807, 2.05) is 38.3 Å². The summed E-state index contributed by atoms with van der Waals surface area (Å²) in [7, 11) is 1.27. The summed E-state index contributed by atoms with van der Waals surface area (Å²) in [5, 5.41) is 5.24. The third kappa shape index (κ3) is 7.74. The van der Waals surface area contributed by atoms with E-state index in [1.165, 1.54) is 7.11 Å². The highest BCUT2D eigenvalue weighted by atomic mass is 32.2. The van der Waals surface area contributed by atoms with Crippen LogP contribution in [0, 0.1) is 5.92 Å². The fourth-order valence-corrected chi connectivity index (χ4v) is 2.73. The number of rotatable bonds is 10. The van der Waals surface area contributed by atoms with Gasteiger partial charge in [-0.3, -0.25) is 9.59 Å². The third-order valence-corrected chi connectivity index (χ3v) is 4.68. The highest BCUT2D eigenvalue weighted by molar-refractivity contribution is 7.98. The minimum absolute atomic E-state index is 0.0188. The summed E-state index contributed by atoms with van der Waals surface area (Å²) < 4.78 is 4.77. The number of amides is 2. The van der Waals surface area contributed by atoms with Crippen LogP contribution in [0.15, 0.2) is 36.0 Å². The van der Waals surface area contributed by atoms with Crippen LogP contribution in [0.4, 0.5) is 0 Å². The van der Waals surface area contributed by atoms with Crippen molar-refractivity contribution in [3.63, 3.8) is 0 Å². The molecule has 28 heavy (non-hydrogen) atoms. The number of nitrogens with two attached hydrogens (primary N) is 1. The standard InChI is InChI=1S/C20H29N3O4S/c1-13(2)17(21)19(25)23-16(12-14-8-6-5-7-9-14)18(24)22-15(10-11-28-4)20(26)27-3/h5-9,12-13,15,17H,10-11,21H2,1-4H3,(H,22,24)(H,23,25)/b16-12-/t15-,17-/m0/s1. The number of nitrogens with one attached hydrogen (secondary N) is 2. The number of thioether (sulfide) groups is 1. The molecule has 0 saturated carbocycles. The smallest absolute Gasteiger partial charge is 0.328 e. The molecule has 0 aliphatic carbocycles. The Morgan fingerprint density at radius 3 is 2.39 bits per heavy atom. The maximum atomic E-state index is 12.8. The normalized spacial score (nSPS) is 13.6. The van der Waals surface area contributed by atoms with E-state index < -0.39 is 29.9 Å². The number of hydrogen-bond acceptors (Lipinski definition) is 6. The molecule has 0 aliphatic rings. The summed E-state index contributed by atoms with van der Waals surface area (Å²) in [6.07, 6.45) is 3.87. The second-order valence-electron chi connectivity index (χ2n) is 6.56. The van der Waals surface area contributed by atoms with Gasteiger partial charge in [-0.2, -0.15) is 11.8 Å². The third-order valence-electron chi connectivity index (χ3n) is 4.04. The predicted octanol–water partition coefficient (Wildman–Crippen LogP) is 1.54. The fourth-order valence-electron chi connectivity index (χ4n) is 2.26. The molecular weight excluding hydrogens is 378 g/mol. The van der Waals surface area contributed by atoms with Gasteiger partial charge in [-0.05, 0) is 36.0 Å². The van der Waals surface area contributed by atoms with Crippen molar-refractivity contribution in [3.05, 3.63) is 41.6 Å². The minimum Gasteiger partial charge on any atom is -0.467 e. The van der Waals surface area contributed by atoms with Crippen molar-refractivity contribution < 1.29 is 19.1 Å². The summed E-state index contributed by atoms with van der Waals surface area (Å²) >= 11 is 1.55. The summed E-state index contributed by atoms with van der Waals surface area (Å²) in [6, 6.07) is 7.51. The van der Waals surface area contributed by atoms with Crippen LogP contribution in [0.5, 0.6) is 0 Å². The fraction of sp³-hybridized carbons (Fsp3) is 0.450. The molecule has 0 saturated heterocycles. The average Bonchev–Trinajstić information content (AvgIpc) is 2.69. The monoisotopic (exact) mass is 407 g/mol. The summed E-state index contributed by atoms with van der Waals surface area (Å²) in [4.78, 5) is 37.2. The van der Waals surface area contributed by atoms with Crippen molar-refractivity contribution in [1.29, 1.82) is 0 Å². The molecule has 0 heterocycles. The Kier molecular flexibility index (Phi) is 10.3. The molecule has 0 aliphatic heterocycles. The number of methoxy groups -OCH3 is 1. The van der Waals surface area contributed by atoms with Gasteiger partial charge in [-0.1, -0.05) is 44.2 Å². The van der Waals surface area contributed by atoms with E-state index >= 15 is 0 Å². The van der Waals surface area contributed by atoms with Crippen LogP contribution in [0.3, 0.4) is 0 Å². The first-order valence-corrected chi connectivity index (χ1v) is 10.4. The number of carbonyl (C=O) groups is 3. The van der Waals surface area contributed by atoms with Crippen LogP contribution in [0.25, 0.3) is 6.08 Å². The molecule has 0 bridgehead atoms. The molecule has 1 rings (SSSR count). The van der Waals surface area contributed by atoms with Gasteiger partial charge in [0.05, 0.1) is 13.2 Å². The average molecular weight is 408 g/mol. The van der Waals surface area contributed by atoms with Crippen LogP contribution >= 0.6 is 11.8 Å². The largest absolute Gasteiger partial charge is 0.467 e. The van der Waals surface area contributed by atoms with Crippen LogP contribution in [0.1, 0.15) is 25.8 Å². The summed E-state index contributed by atoms with van der Waals surface area (Å²) in [6.45, 7) is 3.64. The SMILES string of the molecule is COC(=O)[C@H](CCSC)NC(=O)/C(=C/c1ccccc1)NC(=O)[C@@H](N)C(C)C. The Bertz CT molecular complexity index is 692. The molecule has 0 aromatic heterocycles. The Labute approximate surface area is 170 Å². The zero-order valence-corrected chi connectivity index (χ0v) is 17.5. The molecule has 2 amide bonds. The molecule has 0 unspecified atom stereocenters. The highest BCUT2D eigenvalue weighted by Crippen LogP contribution is 2.09. The van der Waals surface area contributed by atoms with Crippen LogP contribution < -0.4 is 16.4 Å². The van der Waals surface area contributed by atoms with Gasteiger partial charge >= 0.3 is 5.97 Å². The molecule has 0 fully saturated rings. The molecule has 2 atom stereocenters. The zero-order valence-electron chi connectivity index (χ0n) is 16.7. The first-order chi connectivity index (χ1) is 13.3. The first-order valence-electron chi connectivity index (χ1n) is 9.01. The maximum absolute atomic E-state index is 12.8. The lowest BCUT2D eigenvalue weighted by Gasteiger charge is -2.20. The van der Waals surface area contributed by atoms with E-state index in [9.17, 15) is 14.4 Å². The van der Waals surface area contributed by atoms with Crippen molar-refractivity contribution in [2.45, 2.75) is 32.4 Å². The van der Waals surface area contributed by atoms with Crippen LogP contribution in [0.2, 0.25) is 0 Å². The van der Waals surface area contributed by atoms with Crippen molar-refractivity contribution in [1.82, 2.24) is 10.6 Å². The van der Waals surface area contributed by atoms with Gasteiger partial charge < -0.3 is 21.1 Å². The summed E-state index contributed by atoms with van der Waals surface area (Å²) in [5.41, 5.74) is 6.64. The van der Waals surface area contributed by atoms with Crippen LogP contribution in [-0.4, -0.2) is 49.0 Å². The lowest BCUT2D eigenvalue weighted by molar-refractivity contribution is -0.144. The Morgan fingerprint density at radius 1 is 1.21 bits per heavy atom. The van der Waals surface area contributed by atoms with E-state index in [4.69, 9.17) is 10.5 Å². The topological polar surface area (TPSA) is 111 Å². The van der Waals surface area contributed by atoms with Gasteiger partial charge in [0.25, 0.3) is 5.91 Å². The quantitative estimate of drug-likeness (QED) is 0.401. The van der Waals surface area contributed by atoms with E-state index in [0.29, 0.717) is 12.2 Å². The molecule has 0 spiro atoms. The lowest BCUT2D eigenvalue weighted by atomic mass is 10.0. The van der Waals surface area contributed by atoms with E-state index in [2.05, 4.69) is 10.6 Å². The molecule has 7 nitrogen and oxygen atoms in total. The van der Waals surface area contributed by atoms with Gasteiger partial charge in [0.15, 0.2) is 0 Å². The second-order valence-corrected chi connectivity index (χ2v) is 7.54. The maximum Gasteiger partial charge on any atom is 0.328 e. The van der Waals surface area contributed by atoms with Crippen molar-refractivity contribution in [3.8, 4) is 0 Å². The van der Waals surface area contributed by atoms with Gasteiger partial charge in [0, 0.05) is 0 Å². The van der Waals surface area contributed by atoms with E-state index in [1.54, 1.807) is 30.0 Å². The van der Waals surface area contributed by atoms with Crippen molar-refractivity contribution in [2.24, 2.45) is 11.7 Å². The minimum atomic E-state index is -0.806. The van der Waals surface area contributed by atoms with Crippen molar-refractivity contribution in [2.75, 3.05) is 19.1 Å². The summed E-state index contributed by atoms with van der Waals surface area (Å²) in [5.74, 6) is -1.00. The number of hydrogen-bond donors (Lipinski definition) is 3. The second kappa shape index (κ2) is 12.2. The molecule has 154 valence electrons. The zero-order chi connectivity index (χ0) is 21.1. The lowest BCUT2D eigenvalue weighted by Crippen LogP contribution is -2.48. The number of benzene rings is 1. The molecule has 4 N–H and O–H groups in total. The first kappa shape index (κ1) is 23.7.